The number of likely N-dealkylation sites (N-methyl/N-ethyl adjacent to an activating group) is 1. The van der Waals surface area contributed by atoms with Crippen LogP contribution in [-0.2, 0) is 4.74 Å². The van der Waals surface area contributed by atoms with Gasteiger partial charge in [-0.3, -0.25) is 0 Å². The molecule has 0 aliphatic heterocycles. The van der Waals surface area contributed by atoms with Gasteiger partial charge in [0.1, 0.15) is 16.9 Å². The first-order valence-electron chi connectivity index (χ1n) is 7.92. The van der Waals surface area contributed by atoms with Gasteiger partial charge in [-0.25, -0.2) is 4.79 Å². The highest BCUT2D eigenvalue weighted by molar-refractivity contribution is 5.77. The summed E-state index contributed by atoms with van der Waals surface area (Å²) in [5.74, 6) is 0.895. The lowest BCUT2D eigenvalue weighted by Crippen LogP contribution is -2.38. The zero-order valence-corrected chi connectivity index (χ0v) is 14.6. The van der Waals surface area contributed by atoms with Crippen molar-refractivity contribution in [1.82, 2.24) is 10.2 Å². The van der Waals surface area contributed by atoms with Crippen molar-refractivity contribution in [3.05, 3.63) is 36.1 Å². The number of carbonyl (C=O) groups is 1. The van der Waals surface area contributed by atoms with Crippen LogP contribution in [0.3, 0.4) is 0 Å². The highest BCUT2D eigenvalue weighted by atomic mass is 16.6. The number of benzene rings is 1. The van der Waals surface area contributed by atoms with E-state index in [0.29, 0.717) is 13.1 Å². The molecule has 2 rings (SSSR count). The molecule has 1 unspecified atom stereocenters. The molecule has 2 aromatic rings. The number of nitrogens with one attached hydrogen (secondary N) is 1. The first-order chi connectivity index (χ1) is 10.8. The lowest BCUT2D eigenvalue weighted by Gasteiger charge is -2.25. The van der Waals surface area contributed by atoms with Crippen LogP contribution in [0.15, 0.2) is 34.7 Å². The zero-order chi connectivity index (χ0) is 17.0. The molecule has 1 atom stereocenters. The third-order valence-electron chi connectivity index (χ3n) is 3.47. The van der Waals surface area contributed by atoms with Crippen LogP contribution in [0.1, 0.15) is 39.5 Å². The van der Waals surface area contributed by atoms with Gasteiger partial charge >= 0.3 is 6.09 Å². The second kappa shape index (κ2) is 7.04. The summed E-state index contributed by atoms with van der Waals surface area (Å²) in [4.78, 5) is 13.5. The summed E-state index contributed by atoms with van der Waals surface area (Å²) in [6, 6.07) is 10.1. The number of fused-ring (bicyclic) bond motifs is 1. The predicted molar refractivity (Wildman–Crippen MR) is 91.5 cm³/mol. The molecule has 0 spiro atoms. The number of amides is 1. The number of hydrogen-bond acceptors (Lipinski definition) is 4. The van der Waals surface area contributed by atoms with E-state index in [-0.39, 0.29) is 12.1 Å². The second-order valence-corrected chi connectivity index (χ2v) is 6.76. The van der Waals surface area contributed by atoms with Crippen molar-refractivity contribution >= 4 is 17.1 Å². The largest absolute Gasteiger partial charge is 0.459 e. The van der Waals surface area contributed by atoms with E-state index in [1.807, 2.05) is 58.0 Å². The summed E-state index contributed by atoms with van der Waals surface area (Å²) >= 11 is 0. The van der Waals surface area contributed by atoms with Gasteiger partial charge in [0, 0.05) is 25.5 Å². The highest BCUT2D eigenvalue weighted by Crippen LogP contribution is 2.23. The minimum absolute atomic E-state index is 0.0782. The maximum absolute atomic E-state index is 11.9. The van der Waals surface area contributed by atoms with Crippen LogP contribution in [0.5, 0.6) is 0 Å². The van der Waals surface area contributed by atoms with Crippen LogP contribution in [0.4, 0.5) is 4.79 Å². The molecule has 1 N–H and O–H groups in total. The molecular formula is C18H26N2O3. The molecule has 1 amide bonds. The van der Waals surface area contributed by atoms with Crippen molar-refractivity contribution in [2.75, 3.05) is 20.1 Å². The highest BCUT2D eigenvalue weighted by Gasteiger charge is 2.19. The topological polar surface area (TPSA) is 54.7 Å². The Balaban J connectivity index is 1.82. The van der Waals surface area contributed by atoms with E-state index in [2.05, 4.69) is 5.32 Å². The van der Waals surface area contributed by atoms with Gasteiger partial charge in [0.05, 0.1) is 6.04 Å². The maximum Gasteiger partial charge on any atom is 0.410 e. The average Bonchev–Trinajstić information content (AvgIpc) is 2.89. The van der Waals surface area contributed by atoms with Gasteiger partial charge in [-0.15, -0.1) is 0 Å². The molecule has 0 aliphatic rings. The van der Waals surface area contributed by atoms with Crippen LogP contribution in [-0.4, -0.2) is 36.7 Å². The van der Waals surface area contributed by atoms with Gasteiger partial charge in [0.2, 0.25) is 0 Å². The van der Waals surface area contributed by atoms with Crippen molar-refractivity contribution < 1.29 is 13.9 Å². The van der Waals surface area contributed by atoms with Crippen molar-refractivity contribution in [2.24, 2.45) is 0 Å². The van der Waals surface area contributed by atoms with E-state index in [4.69, 9.17) is 9.15 Å². The SMILES string of the molecule is CC(NCCN(C)C(=O)OC(C)(C)C)c1cc2ccccc2o1. The first kappa shape index (κ1) is 17.3. The zero-order valence-electron chi connectivity index (χ0n) is 14.6. The molecule has 0 radical (unpaired) electrons. The Hall–Kier alpha value is -2.01. The van der Waals surface area contributed by atoms with Crippen LogP contribution < -0.4 is 5.32 Å². The number of nitrogens with zero attached hydrogens (tertiary/aromatic N) is 1. The number of para-hydroxylation sites is 1. The predicted octanol–water partition coefficient (Wildman–Crippen LogP) is 3.95. The molecule has 1 aromatic carbocycles. The number of ether oxygens (including phenoxy) is 1. The van der Waals surface area contributed by atoms with Gasteiger partial charge < -0.3 is 19.4 Å². The fraction of sp³-hybridized carbons (Fsp3) is 0.500. The summed E-state index contributed by atoms with van der Waals surface area (Å²) in [5.41, 5.74) is 0.419. The number of rotatable bonds is 5. The fourth-order valence-corrected chi connectivity index (χ4v) is 2.20. The molecule has 23 heavy (non-hydrogen) atoms. The third kappa shape index (κ3) is 4.99. The van der Waals surface area contributed by atoms with E-state index in [0.717, 1.165) is 16.7 Å². The molecule has 0 bridgehead atoms. The molecule has 5 nitrogen and oxygen atoms in total. The number of furan rings is 1. The monoisotopic (exact) mass is 318 g/mol. The summed E-state index contributed by atoms with van der Waals surface area (Å²) in [6.07, 6.45) is -0.310. The maximum atomic E-state index is 11.9. The summed E-state index contributed by atoms with van der Waals surface area (Å²) in [6.45, 7) is 8.86. The molecule has 1 heterocycles. The Bertz CT molecular complexity index is 625. The van der Waals surface area contributed by atoms with Crippen molar-refractivity contribution in [3.63, 3.8) is 0 Å². The number of hydrogen-bond donors (Lipinski definition) is 1. The normalized spacial score (nSPS) is 13.1. The van der Waals surface area contributed by atoms with Crippen molar-refractivity contribution in [1.29, 1.82) is 0 Å². The van der Waals surface area contributed by atoms with Crippen molar-refractivity contribution in [3.8, 4) is 0 Å². The van der Waals surface area contributed by atoms with Crippen LogP contribution in [0, 0.1) is 0 Å². The summed E-state index contributed by atoms with van der Waals surface area (Å²) in [5, 5.41) is 4.46. The Kier molecular flexibility index (Phi) is 5.31. The minimum atomic E-state index is -0.472. The Labute approximate surface area is 137 Å². The third-order valence-corrected chi connectivity index (χ3v) is 3.47. The van der Waals surface area contributed by atoms with Crippen molar-refractivity contribution in [2.45, 2.75) is 39.3 Å². The van der Waals surface area contributed by atoms with Crippen LogP contribution in [0.25, 0.3) is 11.0 Å². The minimum Gasteiger partial charge on any atom is -0.459 e. The second-order valence-electron chi connectivity index (χ2n) is 6.76. The van der Waals surface area contributed by atoms with E-state index >= 15 is 0 Å². The van der Waals surface area contributed by atoms with Gasteiger partial charge in [-0.1, -0.05) is 18.2 Å². The molecule has 126 valence electrons. The Morgan fingerprint density at radius 3 is 2.70 bits per heavy atom. The van der Waals surface area contributed by atoms with E-state index < -0.39 is 5.60 Å². The molecular weight excluding hydrogens is 292 g/mol. The molecule has 0 saturated heterocycles. The molecule has 1 aromatic heterocycles. The molecule has 0 fully saturated rings. The first-order valence-corrected chi connectivity index (χ1v) is 7.92. The Morgan fingerprint density at radius 1 is 1.35 bits per heavy atom. The van der Waals surface area contributed by atoms with Gasteiger partial charge in [0.15, 0.2) is 0 Å². The van der Waals surface area contributed by atoms with E-state index in [1.54, 1.807) is 11.9 Å². The fourth-order valence-electron chi connectivity index (χ4n) is 2.20. The standard InChI is InChI=1S/C18H26N2O3/c1-13(16-12-14-8-6-7-9-15(14)22-16)19-10-11-20(5)17(21)23-18(2,3)4/h6-9,12-13,19H,10-11H2,1-5H3. The molecule has 0 aliphatic carbocycles. The lowest BCUT2D eigenvalue weighted by molar-refractivity contribution is 0.0299. The number of carbonyl (C=O) groups excluding carboxylic acids is 1. The van der Waals surface area contributed by atoms with Crippen LogP contribution in [0.2, 0.25) is 0 Å². The van der Waals surface area contributed by atoms with Crippen LogP contribution >= 0.6 is 0 Å². The molecule has 0 saturated carbocycles. The van der Waals surface area contributed by atoms with E-state index in [1.165, 1.54) is 0 Å². The average molecular weight is 318 g/mol. The molecule has 5 heteroatoms. The quantitative estimate of drug-likeness (QED) is 0.907. The smallest absolute Gasteiger partial charge is 0.410 e. The summed E-state index contributed by atoms with van der Waals surface area (Å²) in [7, 11) is 1.74. The summed E-state index contributed by atoms with van der Waals surface area (Å²) < 4.78 is 11.2. The Morgan fingerprint density at radius 2 is 2.04 bits per heavy atom. The van der Waals surface area contributed by atoms with Gasteiger partial charge in [0.25, 0.3) is 0 Å². The van der Waals surface area contributed by atoms with E-state index in [9.17, 15) is 4.79 Å². The van der Waals surface area contributed by atoms with Gasteiger partial charge in [-0.05, 0) is 39.8 Å². The van der Waals surface area contributed by atoms with Gasteiger partial charge in [-0.2, -0.15) is 0 Å². The lowest BCUT2D eigenvalue weighted by atomic mass is 10.2.